The Kier molecular flexibility index (Phi) is 3.87. The molecule has 0 radical (unpaired) electrons. The van der Waals surface area contributed by atoms with E-state index in [4.69, 9.17) is 4.74 Å². The number of aliphatic carboxylic acids is 1. The van der Waals surface area contributed by atoms with Crippen LogP contribution in [0.4, 0.5) is 0 Å². The van der Waals surface area contributed by atoms with Crippen LogP contribution in [0, 0.1) is 57.2 Å². The number of fused-ring (bicyclic) bond motifs is 2. The van der Waals surface area contributed by atoms with Crippen LogP contribution >= 0.6 is 0 Å². The lowest BCUT2D eigenvalue weighted by atomic mass is 9.43. The Morgan fingerprint density at radius 3 is 2.73 bits per heavy atom. The molecular formula is C22H31NO3. The summed E-state index contributed by atoms with van der Waals surface area (Å²) in [4.78, 5) is 13.1. The summed E-state index contributed by atoms with van der Waals surface area (Å²) in [6.07, 6.45) is 5.94. The van der Waals surface area contributed by atoms with Gasteiger partial charge in [0.1, 0.15) is 5.41 Å². The van der Waals surface area contributed by atoms with Crippen molar-refractivity contribution in [1.82, 2.24) is 0 Å². The number of ether oxygens (including phenoxy) is 1. The van der Waals surface area contributed by atoms with E-state index in [1.165, 1.54) is 0 Å². The lowest BCUT2D eigenvalue weighted by Gasteiger charge is -2.57. The van der Waals surface area contributed by atoms with Gasteiger partial charge in [0.25, 0.3) is 0 Å². The molecule has 0 heterocycles. The molecule has 3 fully saturated rings. The van der Waals surface area contributed by atoms with Crippen molar-refractivity contribution in [2.45, 2.75) is 53.4 Å². The maximum Gasteiger partial charge on any atom is 0.316 e. The van der Waals surface area contributed by atoms with Crippen LogP contribution < -0.4 is 0 Å². The second kappa shape index (κ2) is 5.58. The summed E-state index contributed by atoms with van der Waals surface area (Å²) < 4.78 is 5.95. The van der Waals surface area contributed by atoms with Crippen LogP contribution in [0.2, 0.25) is 0 Å². The summed E-state index contributed by atoms with van der Waals surface area (Å²) in [6.45, 7) is 9.49. The van der Waals surface area contributed by atoms with Crippen molar-refractivity contribution in [2.75, 3.05) is 13.2 Å². The van der Waals surface area contributed by atoms with Gasteiger partial charge >= 0.3 is 5.97 Å². The van der Waals surface area contributed by atoms with Gasteiger partial charge in [0.2, 0.25) is 0 Å². The predicted octanol–water partition coefficient (Wildman–Crippen LogP) is 4.27. The van der Waals surface area contributed by atoms with Crippen LogP contribution in [0.1, 0.15) is 53.4 Å². The first kappa shape index (κ1) is 18.0. The van der Waals surface area contributed by atoms with Crippen molar-refractivity contribution in [1.29, 1.82) is 5.26 Å². The summed E-state index contributed by atoms with van der Waals surface area (Å²) >= 11 is 0. The number of allylic oxidation sites excluding steroid dienone is 1. The third kappa shape index (κ3) is 1.68. The summed E-state index contributed by atoms with van der Waals surface area (Å²) in [5.41, 5.74) is -1.30. The summed E-state index contributed by atoms with van der Waals surface area (Å²) in [5.74, 6) is 0.741. The molecule has 26 heavy (non-hydrogen) atoms. The molecule has 4 unspecified atom stereocenters. The molecule has 4 aliphatic rings. The molecule has 0 spiro atoms. The average Bonchev–Trinajstić information content (AvgIpc) is 3.17. The minimum atomic E-state index is -1.08. The van der Waals surface area contributed by atoms with E-state index in [0.717, 1.165) is 24.8 Å². The van der Waals surface area contributed by atoms with E-state index in [1.54, 1.807) is 0 Å². The first-order chi connectivity index (χ1) is 12.3. The van der Waals surface area contributed by atoms with Crippen molar-refractivity contribution >= 4 is 5.97 Å². The van der Waals surface area contributed by atoms with Crippen molar-refractivity contribution in [3.63, 3.8) is 0 Å². The minimum Gasteiger partial charge on any atom is -0.481 e. The summed E-state index contributed by atoms with van der Waals surface area (Å²) in [7, 11) is 0. The van der Waals surface area contributed by atoms with E-state index in [1.807, 2.05) is 6.92 Å². The molecule has 3 saturated carbocycles. The van der Waals surface area contributed by atoms with Gasteiger partial charge in [-0.15, -0.1) is 0 Å². The molecule has 1 N–H and O–H groups in total. The highest BCUT2D eigenvalue weighted by Gasteiger charge is 2.84. The van der Waals surface area contributed by atoms with Gasteiger partial charge in [-0.25, -0.2) is 0 Å². The third-order valence-electron chi connectivity index (χ3n) is 8.60. The molecule has 0 amide bonds. The van der Waals surface area contributed by atoms with Crippen LogP contribution in [0.15, 0.2) is 11.6 Å². The number of nitriles is 1. The number of nitrogens with zero attached hydrogens (tertiary/aromatic N) is 1. The Labute approximate surface area is 156 Å². The molecule has 4 nitrogen and oxygen atoms in total. The second-order valence-corrected chi connectivity index (χ2v) is 9.55. The highest BCUT2D eigenvalue weighted by molar-refractivity contribution is 5.85. The van der Waals surface area contributed by atoms with Crippen LogP contribution in [0.3, 0.4) is 0 Å². The van der Waals surface area contributed by atoms with Gasteiger partial charge in [-0.1, -0.05) is 38.8 Å². The molecule has 0 aromatic heterocycles. The minimum absolute atomic E-state index is 0.139. The average molecular weight is 357 g/mol. The fraction of sp³-hybridized carbons (Fsp3) is 0.818. The number of carbonyl (C=O) groups is 1. The van der Waals surface area contributed by atoms with Crippen LogP contribution in [0.25, 0.3) is 0 Å². The molecule has 4 bridgehead atoms. The zero-order valence-corrected chi connectivity index (χ0v) is 16.4. The van der Waals surface area contributed by atoms with E-state index in [-0.39, 0.29) is 17.8 Å². The maximum atomic E-state index is 13.1. The molecule has 4 aliphatic carbocycles. The quantitative estimate of drug-likeness (QED) is 0.746. The van der Waals surface area contributed by atoms with Crippen LogP contribution in [-0.2, 0) is 9.53 Å². The fourth-order valence-corrected chi connectivity index (χ4v) is 7.82. The first-order valence-corrected chi connectivity index (χ1v) is 10.3. The lowest BCUT2D eigenvalue weighted by Crippen LogP contribution is -2.62. The Bertz CT molecular complexity index is 707. The van der Waals surface area contributed by atoms with E-state index >= 15 is 0 Å². The zero-order valence-electron chi connectivity index (χ0n) is 16.4. The third-order valence-corrected chi connectivity index (χ3v) is 8.60. The van der Waals surface area contributed by atoms with Gasteiger partial charge in [-0.3, -0.25) is 4.79 Å². The Morgan fingerprint density at radius 1 is 1.42 bits per heavy atom. The van der Waals surface area contributed by atoms with Crippen molar-refractivity contribution in [3.05, 3.63) is 11.6 Å². The molecular weight excluding hydrogens is 326 g/mol. The molecule has 7 atom stereocenters. The molecule has 4 heteroatoms. The van der Waals surface area contributed by atoms with E-state index < -0.39 is 22.2 Å². The second-order valence-electron chi connectivity index (χ2n) is 9.55. The predicted molar refractivity (Wildman–Crippen MR) is 98.1 cm³/mol. The SMILES string of the molecule is CCOC[C@]12CC3C(C)CCC3[C@@]3(C#N)CC1C=C(C(C)C)[C@@]23C(=O)O. The molecule has 0 saturated heterocycles. The highest BCUT2D eigenvalue weighted by atomic mass is 16.5. The molecule has 0 aromatic rings. The van der Waals surface area contributed by atoms with Crippen molar-refractivity contribution in [3.8, 4) is 6.07 Å². The summed E-state index contributed by atoms with van der Waals surface area (Å²) in [5, 5.41) is 21.2. The van der Waals surface area contributed by atoms with Gasteiger partial charge in [-0.2, -0.15) is 5.26 Å². The number of hydrogen-bond acceptors (Lipinski definition) is 3. The van der Waals surface area contributed by atoms with E-state index in [9.17, 15) is 15.2 Å². The standard InChI is InChI=1S/C22H31NO3/c1-5-26-12-21-10-16-14(4)6-7-17(16)20(11-23)9-15(21)8-18(13(2)3)22(20,21)19(24)25/h8,13-17H,5-7,9-10,12H2,1-4H3,(H,24,25)/t14?,15?,16?,17?,20-,21+,22-/m0/s1. The Balaban J connectivity index is 1.99. The van der Waals surface area contributed by atoms with Gasteiger partial charge < -0.3 is 9.84 Å². The van der Waals surface area contributed by atoms with Crippen LogP contribution in [-0.4, -0.2) is 24.3 Å². The summed E-state index contributed by atoms with van der Waals surface area (Å²) in [6, 6.07) is 2.66. The van der Waals surface area contributed by atoms with Gasteiger partial charge in [0.15, 0.2) is 0 Å². The highest BCUT2D eigenvalue weighted by Crippen LogP contribution is 2.83. The van der Waals surface area contributed by atoms with E-state index in [0.29, 0.717) is 31.5 Å². The monoisotopic (exact) mass is 357 g/mol. The Hall–Kier alpha value is -1.34. The largest absolute Gasteiger partial charge is 0.481 e. The molecule has 0 aromatic carbocycles. The van der Waals surface area contributed by atoms with Crippen molar-refractivity contribution < 1.29 is 14.6 Å². The zero-order chi connectivity index (χ0) is 18.9. The normalized spacial score (nSPS) is 48.4. The lowest BCUT2D eigenvalue weighted by molar-refractivity contribution is -0.179. The van der Waals surface area contributed by atoms with Gasteiger partial charge in [0, 0.05) is 12.0 Å². The number of rotatable bonds is 5. The van der Waals surface area contributed by atoms with Gasteiger partial charge in [-0.05, 0) is 55.8 Å². The molecule has 0 aliphatic heterocycles. The topological polar surface area (TPSA) is 70.3 Å². The number of hydrogen-bond donors (Lipinski definition) is 1. The molecule has 142 valence electrons. The number of carboxylic acid groups (broad SMARTS) is 1. The maximum absolute atomic E-state index is 13.1. The smallest absolute Gasteiger partial charge is 0.316 e. The van der Waals surface area contributed by atoms with Crippen molar-refractivity contribution in [2.24, 2.45) is 45.8 Å². The van der Waals surface area contributed by atoms with Crippen LogP contribution in [0.5, 0.6) is 0 Å². The first-order valence-electron chi connectivity index (χ1n) is 10.3. The Morgan fingerprint density at radius 2 is 2.15 bits per heavy atom. The molecule has 4 rings (SSSR count). The number of carboxylic acids is 1. The fourth-order valence-electron chi connectivity index (χ4n) is 7.82. The van der Waals surface area contributed by atoms with Gasteiger partial charge in [0.05, 0.1) is 18.1 Å². The van der Waals surface area contributed by atoms with E-state index in [2.05, 4.69) is 32.9 Å².